The van der Waals surface area contributed by atoms with Gasteiger partial charge in [0.25, 0.3) is 0 Å². The highest BCUT2D eigenvalue weighted by molar-refractivity contribution is 7.88. The summed E-state index contributed by atoms with van der Waals surface area (Å²) < 4.78 is 67.5. The fourth-order valence-electron chi connectivity index (χ4n) is 1.73. The van der Waals surface area contributed by atoms with Crippen LogP contribution < -0.4 is 14.6 Å². The molecule has 0 aromatic heterocycles. The number of ether oxygens (including phenoxy) is 1. The zero-order valence-corrected chi connectivity index (χ0v) is 15.3. The molecule has 0 bridgehead atoms. The molecule has 152 valence electrons. The number of benzene rings is 1. The van der Waals surface area contributed by atoms with E-state index in [2.05, 4.69) is 9.50 Å². The second-order valence-electron chi connectivity index (χ2n) is 6.35. The summed E-state index contributed by atoms with van der Waals surface area (Å²) in [6, 6.07) is 2.64. The number of alkyl halides is 3. The minimum atomic E-state index is -5.81. The van der Waals surface area contributed by atoms with Crippen molar-refractivity contribution >= 4 is 22.2 Å². The molecule has 1 amide bonds. The van der Waals surface area contributed by atoms with E-state index in [1.807, 2.05) is 0 Å². The molecule has 0 aliphatic rings. The SMILES string of the molecule is CC(C)(C)OC(=O)N[C@H](Cc1ccc(OS(=O)(=O)C(F)(F)F)cc1)C(=O)[O-]. The third-order valence-electron chi connectivity index (χ3n) is 2.83. The van der Waals surface area contributed by atoms with Gasteiger partial charge < -0.3 is 24.1 Å². The monoisotopic (exact) mass is 412 g/mol. The molecule has 0 saturated heterocycles. The summed E-state index contributed by atoms with van der Waals surface area (Å²) in [6.45, 7) is 4.73. The first-order valence-corrected chi connectivity index (χ1v) is 8.81. The van der Waals surface area contributed by atoms with Crippen molar-refractivity contribution < 1.29 is 45.2 Å². The predicted molar refractivity (Wildman–Crippen MR) is 83.9 cm³/mol. The van der Waals surface area contributed by atoms with Crippen LogP contribution in [0.25, 0.3) is 0 Å². The lowest BCUT2D eigenvalue weighted by molar-refractivity contribution is -0.308. The van der Waals surface area contributed by atoms with Gasteiger partial charge in [0.05, 0.1) is 12.0 Å². The van der Waals surface area contributed by atoms with Crippen LogP contribution in [0.2, 0.25) is 0 Å². The van der Waals surface area contributed by atoms with Crippen LogP contribution in [0, 0.1) is 0 Å². The number of nitrogens with one attached hydrogen (secondary N) is 1. The summed E-state index contributed by atoms with van der Waals surface area (Å²) in [6.07, 6.45) is -1.28. The number of carbonyl (C=O) groups excluding carboxylic acids is 2. The number of amides is 1. The van der Waals surface area contributed by atoms with Crippen molar-refractivity contribution in [1.29, 1.82) is 0 Å². The van der Waals surface area contributed by atoms with Crippen LogP contribution in [0.4, 0.5) is 18.0 Å². The number of rotatable bonds is 6. The Kier molecular flexibility index (Phi) is 6.70. The van der Waals surface area contributed by atoms with Crippen molar-refractivity contribution in [3.05, 3.63) is 29.8 Å². The molecule has 1 atom stereocenters. The Hall–Kier alpha value is -2.50. The van der Waals surface area contributed by atoms with E-state index < -0.39 is 45.1 Å². The zero-order chi connectivity index (χ0) is 21.0. The fraction of sp³-hybridized carbons (Fsp3) is 0.467. The summed E-state index contributed by atoms with van der Waals surface area (Å²) >= 11 is 0. The second-order valence-corrected chi connectivity index (χ2v) is 7.89. The van der Waals surface area contributed by atoms with Gasteiger partial charge in [-0.2, -0.15) is 21.6 Å². The molecule has 1 rings (SSSR count). The second kappa shape index (κ2) is 8.03. The van der Waals surface area contributed by atoms with Gasteiger partial charge in [-0.1, -0.05) is 12.1 Å². The Morgan fingerprint density at radius 2 is 1.67 bits per heavy atom. The lowest BCUT2D eigenvalue weighted by atomic mass is 10.1. The smallest absolute Gasteiger partial charge is 0.534 e. The number of carbonyl (C=O) groups is 2. The first-order valence-electron chi connectivity index (χ1n) is 7.41. The third-order valence-corrected chi connectivity index (χ3v) is 3.81. The fourth-order valence-corrected chi connectivity index (χ4v) is 2.19. The van der Waals surface area contributed by atoms with E-state index in [-0.39, 0.29) is 12.0 Å². The number of carboxylic acid groups (broad SMARTS) is 1. The van der Waals surface area contributed by atoms with Crippen LogP contribution in [0.5, 0.6) is 5.75 Å². The maximum Gasteiger partial charge on any atom is 0.534 e. The molecular weight excluding hydrogens is 395 g/mol. The Bertz CT molecular complexity index is 783. The summed E-state index contributed by atoms with van der Waals surface area (Å²) in [5, 5.41) is 13.3. The number of carboxylic acids is 1. The lowest BCUT2D eigenvalue weighted by Crippen LogP contribution is -2.50. The van der Waals surface area contributed by atoms with Gasteiger partial charge in [0.2, 0.25) is 0 Å². The zero-order valence-electron chi connectivity index (χ0n) is 14.5. The van der Waals surface area contributed by atoms with Crippen LogP contribution in [-0.4, -0.2) is 37.6 Å². The van der Waals surface area contributed by atoms with Gasteiger partial charge in [0, 0.05) is 0 Å². The standard InChI is InChI=1S/C15H18F3NO7S/c1-14(2,3)25-13(22)19-11(12(20)21)8-9-4-6-10(7-5-9)26-27(23,24)15(16,17)18/h4-7,11H,8H2,1-3H3,(H,19,22)(H,20,21)/p-1/t11-/m1/s1. The van der Waals surface area contributed by atoms with Gasteiger partial charge >= 0.3 is 21.7 Å². The summed E-state index contributed by atoms with van der Waals surface area (Å²) in [4.78, 5) is 22.8. The number of hydrogen-bond donors (Lipinski definition) is 1. The topological polar surface area (TPSA) is 122 Å². The largest absolute Gasteiger partial charge is 0.548 e. The average Bonchev–Trinajstić information content (AvgIpc) is 2.45. The Morgan fingerprint density at radius 3 is 2.07 bits per heavy atom. The first kappa shape index (κ1) is 22.5. The first-order chi connectivity index (χ1) is 12.1. The minimum Gasteiger partial charge on any atom is -0.548 e. The number of hydrogen-bond acceptors (Lipinski definition) is 7. The van der Waals surface area contributed by atoms with Crippen LogP contribution in [-0.2, 0) is 26.1 Å². The highest BCUT2D eigenvalue weighted by atomic mass is 32.2. The lowest BCUT2D eigenvalue weighted by Gasteiger charge is -2.24. The molecule has 0 aliphatic carbocycles. The van der Waals surface area contributed by atoms with Crippen molar-refractivity contribution in [2.24, 2.45) is 0 Å². The molecule has 0 saturated carbocycles. The maximum atomic E-state index is 12.3. The van der Waals surface area contributed by atoms with E-state index in [0.29, 0.717) is 0 Å². The molecule has 0 unspecified atom stereocenters. The molecule has 0 heterocycles. The molecule has 27 heavy (non-hydrogen) atoms. The van der Waals surface area contributed by atoms with Gasteiger partial charge in [-0.05, 0) is 44.9 Å². The highest BCUT2D eigenvalue weighted by Crippen LogP contribution is 2.27. The van der Waals surface area contributed by atoms with Crippen molar-refractivity contribution in [3.8, 4) is 5.75 Å². The van der Waals surface area contributed by atoms with Crippen LogP contribution in [0.3, 0.4) is 0 Å². The van der Waals surface area contributed by atoms with E-state index in [4.69, 9.17) is 4.74 Å². The van der Waals surface area contributed by atoms with E-state index in [9.17, 15) is 36.3 Å². The van der Waals surface area contributed by atoms with Crippen LogP contribution in [0.1, 0.15) is 26.3 Å². The Labute approximate surface area is 153 Å². The summed E-state index contributed by atoms with van der Waals surface area (Å²) in [7, 11) is -5.81. The maximum absolute atomic E-state index is 12.3. The number of halogens is 3. The molecule has 0 fully saturated rings. The van der Waals surface area contributed by atoms with Crippen molar-refractivity contribution in [2.45, 2.75) is 44.3 Å². The number of alkyl carbamates (subject to hydrolysis) is 1. The van der Waals surface area contributed by atoms with Crippen LogP contribution >= 0.6 is 0 Å². The molecule has 1 aromatic carbocycles. The van der Waals surface area contributed by atoms with E-state index >= 15 is 0 Å². The minimum absolute atomic E-state index is 0.261. The molecule has 0 spiro atoms. The molecule has 1 N–H and O–H groups in total. The molecule has 12 heteroatoms. The van der Waals surface area contributed by atoms with Crippen molar-refractivity contribution in [1.82, 2.24) is 5.32 Å². The molecule has 8 nitrogen and oxygen atoms in total. The highest BCUT2D eigenvalue weighted by Gasteiger charge is 2.48. The molecule has 1 aromatic rings. The Morgan fingerprint density at radius 1 is 1.15 bits per heavy atom. The normalized spacial score (nSPS) is 13.6. The van der Waals surface area contributed by atoms with Crippen LogP contribution in [0.15, 0.2) is 24.3 Å². The van der Waals surface area contributed by atoms with E-state index in [1.54, 1.807) is 20.8 Å². The molecular formula is C15H17F3NO7S-. The molecule has 0 radical (unpaired) electrons. The molecule has 0 aliphatic heterocycles. The summed E-state index contributed by atoms with van der Waals surface area (Å²) in [5.74, 6) is -2.22. The summed E-state index contributed by atoms with van der Waals surface area (Å²) in [5.41, 5.74) is -6.18. The van der Waals surface area contributed by atoms with Crippen molar-refractivity contribution in [3.63, 3.8) is 0 Å². The third kappa shape index (κ3) is 7.33. The van der Waals surface area contributed by atoms with Gasteiger partial charge in [0.1, 0.15) is 11.4 Å². The number of aliphatic carboxylic acids is 1. The van der Waals surface area contributed by atoms with Crippen molar-refractivity contribution in [2.75, 3.05) is 0 Å². The quantitative estimate of drug-likeness (QED) is 0.548. The van der Waals surface area contributed by atoms with Gasteiger partial charge in [-0.3, -0.25) is 0 Å². The van der Waals surface area contributed by atoms with Gasteiger partial charge in [-0.25, -0.2) is 4.79 Å². The van der Waals surface area contributed by atoms with Gasteiger partial charge in [0.15, 0.2) is 0 Å². The Balaban J connectivity index is 2.82. The predicted octanol–water partition coefficient (Wildman–Crippen LogP) is 1.10. The average molecular weight is 412 g/mol. The van der Waals surface area contributed by atoms with E-state index in [1.165, 1.54) is 0 Å². The van der Waals surface area contributed by atoms with E-state index in [0.717, 1.165) is 24.3 Å². The van der Waals surface area contributed by atoms with Gasteiger partial charge in [-0.15, -0.1) is 0 Å².